The Bertz CT molecular complexity index is 1090. The number of rotatable bonds is 6. The van der Waals surface area contributed by atoms with E-state index in [4.69, 9.17) is 4.74 Å². The van der Waals surface area contributed by atoms with Crippen molar-refractivity contribution in [1.82, 2.24) is 9.80 Å². The summed E-state index contributed by atoms with van der Waals surface area (Å²) >= 11 is 0. The van der Waals surface area contributed by atoms with Crippen molar-refractivity contribution in [3.8, 4) is 16.9 Å². The van der Waals surface area contributed by atoms with Crippen LogP contribution < -0.4 is 9.84 Å². The van der Waals surface area contributed by atoms with Gasteiger partial charge in [-0.3, -0.25) is 0 Å². The number of aryl methyl sites for hydroxylation is 2. The molecule has 2 aromatic carbocycles. The number of carbonyl (C=O) groups excluding carboxylic acids is 1. The van der Waals surface area contributed by atoms with Gasteiger partial charge in [0.25, 0.3) is 0 Å². The lowest BCUT2D eigenvalue weighted by atomic mass is 9.79. The van der Waals surface area contributed by atoms with Crippen molar-refractivity contribution in [2.45, 2.75) is 72.4 Å². The van der Waals surface area contributed by atoms with E-state index in [1.165, 1.54) is 16.7 Å². The summed E-state index contributed by atoms with van der Waals surface area (Å²) in [6.07, 6.45) is 3.01. The zero-order valence-electron chi connectivity index (χ0n) is 21.9. The van der Waals surface area contributed by atoms with Crippen LogP contribution in [-0.4, -0.2) is 48.2 Å². The number of hydrogen-bond acceptors (Lipinski definition) is 4. The molecule has 3 heterocycles. The van der Waals surface area contributed by atoms with Gasteiger partial charge in [0.05, 0.1) is 12.6 Å². The summed E-state index contributed by atoms with van der Waals surface area (Å²) in [4.78, 5) is 16.8. The lowest BCUT2D eigenvalue weighted by molar-refractivity contribution is -0.276. The van der Waals surface area contributed by atoms with Crippen molar-refractivity contribution in [2.24, 2.45) is 11.3 Å². The normalized spacial score (nSPS) is 26.4. The molecule has 0 aromatic heterocycles. The molecule has 3 aliphatic heterocycles. The van der Waals surface area contributed by atoms with Crippen LogP contribution in [0.2, 0.25) is 0 Å². The minimum Gasteiger partial charge on any atom is -0.530 e. The van der Waals surface area contributed by atoms with Crippen LogP contribution in [0.4, 0.5) is 4.79 Å². The third-order valence-electron chi connectivity index (χ3n) is 8.54. The van der Waals surface area contributed by atoms with Gasteiger partial charge < -0.3 is 24.4 Å². The SMILES string of the molecule is CCCOc1c(C)cc(-c2ccc3c(c2)CC(C)(C)[C@H]3N(C(=O)[O-])[C@@H]2CN3CCC2CC3)cc1C. The Balaban J connectivity index is 1.49. The van der Waals surface area contributed by atoms with E-state index in [9.17, 15) is 9.90 Å². The van der Waals surface area contributed by atoms with Gasteiger partial charge >= 0.3 is 0 Å². The predicted molar refractivity (Wildman–Crippen MR) is 138 cm³/mol. The van der Waals surface area contributed by atoms with Crippen LogP contribution in [0, 0.1) is 25.2 Å². The molecule has 3 fully saturated rings. The van der Waals surface area contributed by atoms with Crippen LogP contribution in [0.3, 0.4) is 0 Å². The third-order valence-corrected chi connectivity index (χ3v) is 8.54. The van der Waals surface area contributed by atoms with Crippen molar-refractivity contribution >= 4 is 6.09 Å². The fourth-order valence-electron chi connectivity index (χ4n) is 6.97. The monoisotopic (exact) mass is 475 g/mol. The molecule has 0 radical (unpaired) electrons. The van der Waals surface area contributed by atoms with E-state index in [2.05, 4.69) is 69.9 Å². The molecule has 2 atom stereocenters. The summed E-state index contributed by atoms with van der Waals surface area (Å²) in [6, 6.07) is 10.9. The number of piperidine rings is 3. The first kappa shape index (κ1) is 24.2. The van der Waals surface area contributed by atoms with E-state index < -0.39 is 6.09 Å². The predicted octanol–water partition coefficient (Wildman–Crippen LogP) is 5.12. The van der Waals surface area contributed by atoms with Gasteiger partial charge in [-0.15, -0.1) is 0 Å². The van der Waals surface area contributed by atoms with Crippen molar-refractivity contribution in [1.29, 1.82) is 0 Å². The molecule has 5 nitrogen and oxygen atoms in total. The van der Waals surface area contributed by atoms with E-state index in [0.717, 1.165) is 74.4 Å². The maximum absolute atomic E-state index is 12.6. The van der Waals surface area contributed by atoms with Gasteiger partial charge in [0.1, 0.15) is 11.8 Å². The number of nitrogens with zero attached hydrogens (tertiary/aromatic N) is 2. The largest absolute Gasteiger partial charge is 0.530 e. The smallest absolute Gasteiger partial charge is 0.137 e. The lowest BCUT2D eigenvalue weighted by Crippen LogP contribution is -2.62. The maximum Gasteiger partial charge on any atom is 0.137 e. The van der Waals surface area contributed by atoms with E-state index in [1.807, 2.05) is 0 Å². The number of fused-ring (bicyclic) bond motifs is 4. The summed E-state index contributed by atoms with van der Waals surface area (Å²) in [5.74, 6) is 1.43. The van der Waals surface area contributed by atoms with Gasteiger partial charge in [-0.05, 0) is 109 Å². The van der Waals surface area contributed by atoms with Gasteiger partial charge in [0, 0.05) is 12.6 Å². The quantitative estimate of drug-likeness (QED) is 0.582. The van der Waals surface area contributed by atoms with Crippen molar-refractivity contribution in [3.05, 3.63) is 52.6 Å². The molecule has 0 saturated carbocycles. The average Bonchev–Trinajstić information content (AvgIpc) is 3.08. The summed E-state index contributed by atoms with van der Waals surface area (Å²) < 4.78 is 5.98. The molecule has 0 spiro atoms. The standard InChI is InChI=1S/C30H40N2O3/c1-6-13-35-27-19(2)14-23(15-20(27)3)22-7-8-25-24(16-22)17-30(4,5)28(25)32(29(33)34)26-18-31-11-9-21(26)10-12-31/h7-8,14-16,21,26,28H,6,9-13,17-18H2,1-5H3,(H,33,34)/p-1/t26-,28+/m1/s1. The highest BCUT2D eigenvalue weighted by Crippen LogP contribution is 2.51. The van der Waals surface area contributed by atoms with Crippen LogP contribution in [0.5, 0.6) is 5.75 Å². The fraction of sp³-hybridized carbons (Fsp3) is 0.567. The number of hydrogen-bond donors (Lipinski definition) is 0. The van der Waals surface area contributed by atoms with Gasteiger partial charge in [-0.25, -0.2) is 0 Å². The van der Waals surface area contributed by atoms with Crippen LogP contribution >= 0.6 is 0 Å². The summed E-state index contributed by atoms with van der Waals surface area (Å²) in [6.45, 7) is 14.5. The molecule has 2 bridgehead atoms. The number of amides is 1. The zero-order chi connectivity index (χ0) is 24.9. The lowest BCUT2D eigenvalue weighted by Gasteiger charge is -2.53. The Hall–Kier alpha value is -2.53. The number of benzene rings is 2. The maximum atomic E-state index is 12.6. The first-order valence-electron chi connectivity index (χ1n) is 13.3. The molecule has 1 amide bonds. The average molecular weight is 476 g/mol. The fourth-order valence-corrected chi connectivity index (χ4v) is 6.97. The molecule has 0 N–H and O–H groups in total. The molecule has 35 heavy (non-hydrogen) atoms. The first-order valence-corrected chi connectivity index (χ1v) is 13.3. The Morgan fingerprint density at radius 3 is 2.37 bits per heavy atom. The highest BCUT2D eigenvalue weighted by atomic mass is 16.5. The minimum absolute atomic E-state index is 0.0263. The molecule has 188 valence electrons. The summed E-state index contributed by atoms with van der Waals surface area (Å²) in [7, 11) is 0. The van der Waals surface area contributed by atoms with Gasteiger partial charge in [0.2, 0.25) is 0 Å². The Morgan fingerprint density at radius 2 is 1.80 bits per heavy atom. The molecule has 1 aliphatic carbocycles. The van der Waals surface area contributed by atoms with E-state index in [1.54, 1.807) is 4.90 Å². The Labute approximate surface area is 210 Å². The summed E-state index contributed by atoms with van der Waals surface area (Å²) in [5, 5.41) is 12.6. The van der Waals surface area contributed by atoms with Crippen molar-refractivity contribution < 1.29 is 14.6 Å². The van der Waals surface area contributed by atoms with E-state index in [0.29, 0.717) is 5.92 Å². The van der Waals surface area contributed by atoms with Crippen LogP contribution in [-0.2, 0) is 6.42 Å². The topological polar surface area (TPSA) is 55.8 Å². The molecule has 0 unspecified atom stereocenters. The van der Waals surface area contributed by atoms with Crippen LogP contribution in [0.25, 0.3) is 11.1 Å². The highest BCUT2D eigenvalue weighted by molar-refractivity contribution is 5.70. The Kier molecular flexibility index (Phi) is 6.33. The molecular weight excluding hydrogens is 436 g/mol. The molecule has 2 aromatic rings. The van der Waals surface area contributed by atoms with E-state index in [-0.39, 0.29) is 17.5 Å². The summed E-state index contributed by atoms with van der Waals surface area (Å²) in [5.41, 5.74) is 6.88. The zero-order valence-corrected chi connectivity index (χ0v) is 21.9. The molecular formula is C30H39N2O3-. The highest BCUT2D eigenvalue weighted by Gasteiger charge is 2.48. The Morgan fingerprint density at radius 1 is 1.11 bits per heavy atom. The number of carboxylic acid groups (broad SMARTS) is 1. The van der Waals surface area contributed by atoms with E-state index >= 15 is 0 Å². The van der Waals surface area contributed by atoms with Crippen LogP contribution in [0.15, 0.2) is 30.3 Å². The van der Waals surface area contributed by atoms with Crippen molar-refractivity contribution in [2.75, 3.05) is 26.2 Å². The number of carbonyl (C=O) groups is 1. The van der Waals surface area contributed by atoms with Gasteiger partial charge in [0.15, 0.2) is 0 Å². The number of ether oxygens (including phenoxy) is 1. The van der Waals surface area contributed by atoms with Gasteiger partial charge in [-0.1, -0.05) is 39.0 Å². The third kappa shape index (κ3) is 4.33. The molecule has 3 saturated heterocycles. The second-order valence-corrected chi connectivity index (χ2v) is 11.6. The van der Waals surface area contributed by atoms with Gasteiger partial charge in [-0.2, -0.15) is 0 Å². The second kappa shape index (κ2) is 9.16. The van der Waals surface area contributed by atoms with Crippen molar-refractivity contribution in [3.63, 3.8) is 0 Å². The second-order valence-electron chi connectivity index (χ2n) is 11.6. The molecule has 4 aliphatic rings. The molecule has 5 heteroatoms. The van der Waals surface area contributed by atoms with Crippen LogP contribution in [0.1, 0.15) is 68.3 Å². The first-order chi connectivity index (χ1) is 16.7. The minimum atomic E-state index is -1.02. The molecule has 6 rings (SSSR count).